The molecule has 0 saturated carbocycles. The third-order valence-electron chi connectivity index (χ3n) is 5.19. The van der Waals surface area contributed by atoms with Crippen LogP contribution in [-0.2, 0) is 32.3 Å². The summed E-state index contributed by atoms with van der Waals surface area (Å²) in [5.74, 6) is -0.693. The molecule has 0 spiro atoms. The summed E-state index contributed by atoms with van der Waals surface area (Å²) in [4.78, 5) is 25.1. The van der Waals surface area contributed by atoms with Crippen molar-refractivity contribution in [2.24, 2.45) is 5.10 Å². The molecule has 7 nitrogen and oxygen atoms in total. The average Bonchev–Trinajstić information content (AvgIpc) is 3.02. The minimum Gasteiger partial charge on any atom is -0.320 e. The predicted molar refractivity (Wildman–Crippen MR) is 109 cm³/mol. The normalized spacial score (nSPS) is 21.5. The minimum absolute atomic E-state index is 0.0424. The summed E-state index contributed by atoms with van der Waals surface area (Å²) in [6.07, 6.45) is 2.11. The van der Waals surface area contributed by atoms with E-state index in [0.29, 0.717) is 23.6 Å². The number of carbonyl (C=O) groups is 2. The van der Waals surface area contributed by atoms with E-state index in [1.165, 1.54) is 5.01 Å². The molecular formula is C19H24ClN3O4S. The van der Waals surface area contributed by atoms with Gasteiger partial charge in [0.1, 0.15) is 5.71 Å². The first-order valence-corrected chi connectivity index (χ1v) is 11.7. The second kappa shape index (κ2) is 8.21. The molecule has 9 heteroatoms. The maximum atomic E-state index is 12.9. The van der Waals surface area contributed by atoms with Crippen molar-refractivity contribution in [3.05, 3.63) is 28.3 Å². The van der Waals surface area contributed by atoms with Gasteiger partial charge in [0, 0.05) is 23.6 Å². The number of rotatable bonds is 5. The maximum absolute atomic E-state index is 12.9. The quantitative estimate of drug-likeness (QED) is 0.784. The molecule has 2 heterocycles. The number of benzene rings is 1. The molecule has 0 unspecified atom stereocenters. The van der Waals surface area contributed by atoms with Crippen LogP contribution in [0.2, 0.25) is 5.02 Å². The highest BCUT2D eigenvalue weighted by atomic mass is 35.5. The van der Waals surface area contributed by atoms with E-state index < -0.39 is 15.9 Å². The van der Waals surface area contributed by atoms with Crippen LogP contribution >= 0.6 is 11.6 Å². The lowest BCUT2D eigenvalue weighted by molar-refractivity contribution is -0.133. The zero-order chi connectivity index (χ0) is 20.5. The van der Waals surface area contributed by atoms with Gasteiger partial charge in [-0.1, -0.05) is 31.5 Å². The first-order chi connectivity index (χ1) is 13.3. The number of hydrogen-bond acceptors (Lipinski definition) is 5. The van der Waals surface area contributed by atoms with Crippen LogP contribution in [-0.4, -0.2) is 48.5 Å². The van der Waals surface area contributed by atoms with Gasteiger partial charge in [-0.3, -0.25) is 9.59 Å². The molecule has 1 fully saturated rings. The molecule has 0 aromatic heterocycles. The lowest BCUT2D eigenvalue weighted by Gasteiger charge is -2.27. The molecule has 0 bridgehead atoms. The van der Waals surface area contributed by atoms with Crippen LogP contribution in [0.5, 0.6) is 0 Å². The Kier molecular flexibility index (Phi) is 6.09. The number of nitrogens with zero attached hydrogens (tertiary/aromatic N) is 2. The summed E-state index contributed by atoms with van der Waals surface area (Å²) in [6, 6.07) is 3.22. The van der Waals surface area contributed by atoms with E-state index in [1.54, 1.807) is 0 Å². The molecule has 3 rings (SSSR count). The second-order valence-electron chi connectivity index (χ2n) is 7.06. The van der Waals surface area contributed by atoms with Crippen molar-refractivity contribution >= 4 is 44.7 Å². The van der Waals surface area contributed by atoms with Crippen LogP contribution in [0.4, 0.5) is 5.69 Å². The van der Waals surface area contributed by atoms with Gasteiger partial charge in [-0.15, -0.1) is 0 Å². The lowest BCUT2D eigenvalue weighted by Crippen LogP contribution is -2.42. The zero-order valence-electron chi connectivity index (χ0n) is 16.0. The third-order valence-corrected chi connectivity index (χ3v) is 7.30. The highest BCUT2D eigenvalue weighted by molar-refractivity contribution is 7.91. The Morgan fingerprint density at radius 3 is 2.64 bits per heavy atom. The number of aryl methyl sites for hydroxylation is 1. The van der Waals surface area contributed by atoms with Gasteiger partial charge in [0.15, 0.2) is 9.84 Å². The van der Waals surface area contributed by atoms with E-state index in [0.717, 1.165) is 17.5 Å². The van der Waals surface area contributed by atoms with Crippen molar-refractivity contribution in [2.75, 3.05) is 16.8 Å². The molecule has 1 N–H and O–H groups in total. The Morgan fingerprint density at radius 2 is 2.04 bits per heavy atom. The van der Waals surface area contributed by atoms with Gasteiger partial charge in [-0.2, -0.15) is 5.10 Å². The third kappa shape index (κ3) is 4.22. The Morgan fingerprint density at radius 1 is 1.29 bits per heavy atom. The Hall–Kier alpha value is -1.93. The van der Waals surface area contributed by atoms with Gasteiger partial charge >= 0.3 is 0 Å². The Bertz CT molecular complexity index is 943. The summed E-state index contributed by atoms with van der Waals surface area (Å²) >= 11 is 6.29. The van der Waals surface area contributed by atoms with Crippen molar-refractivity contribution in [2.45, 2.75) is 52.0 Å². The van der Waals surface area contributed by atoms with Crippen molar-refractivity contribution in [1.82, 2.24) is 5.01 Å². The minimum atomic E-state index is -3.16. The van der Waals surface area contributed by atoms with Gasteiger partial charge in [0.05, 0.1) is 17.5 Å². The molecule has 28 heavy (non-hydrogen) atoms. The van der Waals surface area contributed by atoms with Crippen LogP contribution in [0, 0.1) is 0 Å². The molecule has 2 aliphatic heterocycles. The molecule has 2 amide bonds. The molecular weight excluding hydrogens is 402 g/mol. The predicted octanol–water partition coefficient (Wildman–Crippen LogP) is 2.57. The van der Waals surface area contributed by atoms with Gasteiger partial charge in [-0.25, -0.2) is 13.4 Å². The summed E-state index contributed by atoms with van der Waals surface area (Å²) in [5.41, 5.74) is 2.76. The molecule has 1 aromatic carbocycles. The van der Waals surface area contributed by atoms with Crippen LogP contribution in [0.3, 0.4) is 0 Å². The Balaban J connectivity index is 1.86. The number of carbonyl (C=O) groups excluding carboxylic acids is 2. The highest BCUT2D eigenvalue weighted by Crippen LogP contribution is 2.30. The number of nitrogens with one attached hydrogen (secondary N) is 1. The van der Waals surface area contributed by atoms with Gasteiger partial charge in [-0.05, 0) is 36.5 Å². The van der Waals surface area contributed by atoms with Crippen molar-refractivity contribution in [3.63, 3.8) is 0 Å². The van der Waals surface area contributed by atoms with Crippen LogP contribution in [0.25, 0.3) is 0 Å². The SMILES string of the molecule is CCc1ccc(Cl)c(CC)c1NC(=O)C1=NN([C@@H]2CCS(=O)(=O)C2)C(=O)CC1. The second-order valence-corrected chi connectivity index (χ2v) is 9.70. The van der Waals surface area contributed by atoms with Crippen LogP contribution in [0.1, 0.15) is 44.2 Å². The smallest absolute Gasteiger partial charge is 0.271 e. The standard InChI is InChI=1S/C19H24ClN3O4S/c1-3-12-5-6-15(20)14(4-2)18(12)21-19(25)16-7-8-17(24)23(22-16)13-9-10-28(26,27)11-13/h5-6,13H,3-4,7-11H2,1-2H3,(H,21,25)/t13-/m1/s1. The number of anilines is 1. The highest BCUT2D eigenvalue weighted by Gasteiger charge is 2.37. The summed E-state index contributed by atoms with van der Waals surface area (Å²) in [5, 5.41) is 8.94. The summed E-state index contributed by atoms with van der Waals surface area (Å²) in [6.45, 7) is 3.97. The van der Waals surface area contributed by atoms with Gasteiger partial charge in [0.25, 0.3) is 5.91 Å². The largest absolute Gasteiger partial charge is 0.320 e. The maximum Gasteiger partial charge on any atom is 0.271 e. The van der Waals surface area contributed by atoms with Crippen LogP contribution < -0.4 is 5.32 Å². The molecule has 2 aliphatic rings. The van der Waals surface area contributed by atoms with E-state index in [-0.39, 0.29) is 41.9 Å². The Labute approximate surface area is 170 Å². The van der Waals surface area contributed by atoms with Gasteiger partial charge in [0.2, 0.25) is 5.91 Å². The van der Waals surface area contributed by atoms with E-state index in [1.807, 2.05) is 26.0 Å². The monoisotopic (exact) mass is 425 g/mol. The fourth-order valence-electron chi connectivity index (χ4n) is 3.64. The zero-order valence-corrected chi connectivity index (χ0v) is 17.6. The lowest BCUT2D eigenvalue weighted by atomic mass is 10.0. The molecule has 0 radical (unpaired) electrons. The van der Waals surface area contributed by atoms with Crippen LogP contribution in [0.15, 0.2) is 17.2 Å². The first-order valence-electron chi connectivity index (χ1n) is 9.47. The first kappa shape index (κ1) is 20.8. The molecule has 0 aliphatic carbocycles. The molecule has 1 saturated heterocycles. The van der Waals surface area contributed by atoms with E-state index in [9.17, 15) is 18.0 Å². The number of halogens is 1. The number of hydrazone groups is 1. The van der Waals surface area contributed by atoms with Crippen molar-refractivity contribution in [3.8, 4) is 0 Å². The number of hydrogen-bond donors (Lipinski definition) is 1. The molecule has 152 valence electrons. The van der Waals surface area contributed by atoms with Crippen molar-refractivity contribution in [1.29, 1.82) is 0 Å². The fraction of sp³-hybridized carbons (Fsp3) is 0.526. The van der Waals surface area contributed by atoms with E-state index >= 15 is 0 Å². The fourth-order valence-corrected chi connectivity index (χ4v) is 5.62. The number of amides is 2. The van der Waals surface area contributed by atoms with E-state index in [2.05, 4.69) is 10.4 Å². The topological polar surface area (TPSA) is 95.9 Å². The molecule has 1 aromatic rings. The van der Waals surface area contributed by atoms with E-state index in [4.69, 9.17) is 11.6 Å². The van der Waals surface area contributed by atoms with Crippen molar-refractivity contribution < 1.29 is 18.0 Å². The summed E-state index contributed by atoms with van der Waals surface area (Å²) in [7, 11) is -3.16. The average molecular weight is 426 g/mol. The van der Waals surface area contributed by atoms with Gasteiger partial charge < -0.3 is 5.32 Å². The summed E-state index contributed by atoms with van der Waals surface area (Å²) < 4.78 is 23.5. The molecule has 1 atom stereocenters. The number of sulfone groups is 1.